The molecule has 0 saturated heterocycles. The lowest BCUT2D eigenvalue weighted by Crippen LogP contribution is -2.14. The number of rotatable bonds is 6. The first kappa shape index (κ1) is 18.5. The molecule has 0 aliphatic heterocycles. The van der Waals surface area contributed by atoms with Crippen LogP contribution in [0.4, 0.5) is 0 Å². The van der Waals surface area contributed by atoms with Gasteiger partial charge in [-0.2, -0.15) is 0 Å². The molecule has 0 bridgehead atoms. The van der Waals surface area contributed by atoms with Gasteiger partial charge in [-0.1, -0.05) is 60.7 Å². The van der Waals surface area contributed by atoms with Gasteiger partial charge in [-0.3, -0.25) is 10.0 Å². The minimum atomic E-state index is -0.604. The molecule has 0 fully saturated rings. The largest absolute Gasteiger partial charge is 0.496 e. The maximum Gasteiger partial charge on any atom is 0.267 e. The highest BCUT2D eigenvalue weighted by Crippen LogP contribution is 2.27. The van der Waals surface area contributed by atoms with E-state index < -0.39 is 5.91 Å². The molecule has 1 amide bonds. The summed E-state index contributed by atoms with van der Waals surface area (Å²) in [6, 6.07) is 13.0. The Morgan fingerprint density at radius 2 is 1.96 bits per heavy atom. The number of hydrogen-bond acceptors (Lipinski definition) is 3. The lowest BCUT2D eigenvalue weighted by molar-refractivity contribution is -0.124. The van der Waals surface area contributed by atoms with Crippen LogP contribution in [0.3, 0.4) is 0 Å². The molecule has 0 aromatic heterocycles. The summed E-state index contributed by atoms with van der Waals surface area (Å²) in [4.78, 5) is 11.0. The van der Waals surface area contributed by atoms with Crippen LogP contribution in [0, 0.1) is 0 Å². The molecule has 25 heavy (non-hydrogen) atoms. The molecule has 128 valence electrons. The molecule has 0 atom stereocenters. The number of benzene rings is 2. The second-order valence-corrected chi connectivity index (χ2v) is 5.56. The molecule has 2 aromatic carbocycles. The summed E-state index contributed by atoms with van der Waals surface area (Å²) in [7, 11) is 1.62. The van der Waals surface area contributed by atoms with Gasteiger partial charge in [0.15, 0.2) is 0 Å². The number of allylic oxidation sites excluding steroid dienone is 2. The smallest absolute Gasteiger partial charge is 0.267 e. The number of amides is 1. The van der Waals surface area contributed by atoms with Crippen LogP contribution < -0.4 is 10.2 Å². The summed E-state index contributed by atoms with van der Waals surface area (Å²) in [6.45, 7) is 4.06. The van der Waals surface area contributed by atoms with Gasteiger partial charge in [-0.05, 0) is 34.9 Å². The van der Waals surface area contributed by atoms with Crippen LogP contribution in [0.25, 0.3) is 17.7 Å². The number of ether oxygens (including phenoxy) is 1. The second kappa shape index (κ2) is 8.87. The molecule has 0 heterocycles. The number of hydrogen-bond donors (Lipinski definition) is 2. The molecule has 0 unspecified atom stereocenters. The highest BCUT2D eigenvalue weighted by Gasteiger charge is 2.04. The van der Waals surface area contributed by atoms with Crippen LogP contribution in [0.2, 0.25) is 5.02 Å². The fraction of sp³-hybridized carbons (Fsp3) is 0.0500. The van der Waals surface area contributed by atoms with E-state index in [4.69, 9.17) is 21.5 Å². The van der Waals surface area contributed by atoms with Gasteiger partial charge in [0.25, 0.3) is 5.91 Å². The lowest BCUT2D eigenvalue weighted by atomic mass is 10.0. The Kier molecular flexibility index (Phi) is 6.57. The molecular formula is C20H18ClNO3. The predicted molar refractivity (Wildman–Crippen MR) is 101 cm³/mol. The quantitative estimate of drug-likeness (QED) is 0.345. The summed E-state index contributed by atoms with van der Waals surface area (Å²) in [6.07, 6.45) is 6.50. The van der Waals surface area contributed by atoms with Crippen molar-refractivity contribution in [1.82, 2.24) is 5.48 Å². The van der Waals surface area contributed by atoms with Crippen molar-refractivity contribution in [2.75, 3.05) is 7.11 Å². The fourth-order valence-corrected chi connectivity index (χ4v) is 2.43. The van der Waals surface area contributed by atoms with E-state index in [1.807, 2.05) is 48.6 Å². The molecule has 2 aromatic rings. The van der Waals surface area contributed by atoms with Gasteiger partial charge in [0.05, 0.1) is 7.11 Å². The maximum absolute atomic E-state index is 11.0. The number of para-hydroxylation sites is 1. The van der Waals surface area contributed by atoms with E-state index >= 15 is 0 Å². The first-order valence-electron chi connectivity index (χ1n) is 7.47. The normalized spacial score (nSPS) is 11.0. The number of nitrogens with one attached hydrogen (secondary N) is 1. The summed E-state index contributed by atoms with van der Waals surface area (Å²) in [5.74, 6) is 0.152. The molecule has 0 radical (unpaired) electrons. The number of methoxy groups -OCH3 is 1. The van der Waals surface area contributed by atoms with Crippen LogP contribution in [0.5, 0.6) is 5.75 Å². The molecule has 2 N–H and O–H groups in total. The second-order valence-electron chi connectivity index (χ2n) is 5.15. The number of carbonyl (C=O) groups excluding carboxylic acids is 1. The van der Waals surface area contributed by atoms with Crippen molar-refractivity contribution in [3.8, 4) is 5.75 Å². The van der Waals surface area contributed by atoms with Crippen molar-refractivity contribution >= 4 is 35.2 Å². The number of halogens is 1. The van der Waals surface area contributed by atoms with Gasteiger partial charge < -0.3 is 4.74 Å². The minimum Gasteiger partial charge on any atom is -0.496 e. The molecule has 0 saturated carbocycles. The van der Waals surface area contributed by atoms with Gasteiger partial charge >= 0.3 is 0 Å². The van der Waals surface area contributed by atoms with Gasteiger partial charge in [0, 0.05) is 16.7 Å². The monoisotopic (exact) mass is 355 g/mol. The van der Waals surface area contributed by atoms with E-state index in [0.717, 1.165) is 28.0 Å². The molecule has 0 spiro atoms. The van der Waals surface area contributed by atoms with Gasteiger partial charge in [0.2, 0.25) is 0 Å². The standard InChI is InChI=1S/C20H18ClNO3/c1-14(17-5-3-4-6-19(17)25-2)7-10-16-11-8-15(13-18(16)21)9-12-20(23)22-24/h3-13,24H,1H2,2H3,(H,22,23)/b10-7+,12-9+. The van der Waals surface area contributed by atoms with E-state index in [1.165, 1.54) is 11.6 Å². The molecule has 5 heteroatoms. The van der Waals surface area contributed by atoms with Crippen molar-refractivity contribution in [1.29, 1.82) is 0 Å². The zero-order valence-electron chi connectivity index (χ0n) is 13.7. The van der Waals surface area contributed by atoms with E-state index in [-0.39, 0.29) is 0 Å². The third-order valence-corrected chi connectivity index (χ3v) is 3.81. The van der Waals surface area contributed by atoms with Gasteiger partial charge in [-0.25, -0.2) is 5.48 Å². The van der Waals surface area contributed by atoms with Crippen molar-refractivity contribution in [2.45, 2.75) is 0 Å². The minimum absolute atomic E-state index is 0.538. The Morgan fingerprint density at radius 1 is 1.20 bits per heavy atom. The van der Waals surface area contributed by atoms with Crippen LogP contribution in [-0.2, 0) is 4.79 Å². The maximum atomic E-state index is 11.0. The Morgan fingerprint density at radius 3 is 2.64 bits per heavy atom. The molecule has 0 aliphatic rings. The molecular weight excluding hydrogens is 338 g/mol. The number of carbonyl (C=O) groups is 1. The Hall–Kier alpha value is -2.82. The number of hydroxylamine groups is 1. The van der Waals surface area contributed by atoms with Crippen LogP contribution in [0.1, 0.15) is 16.7 Å². The Balaban J connectivity index is 2.17. The third kappa shape index (κ3) is 5.08. The molecule has 4 nitrogen and oxygen atoms in total. The summed E-state index contributed by atoms with van der Waals surface area (Å²) in [5.41, 5.74) is 4.81. The van der Waals surface area contributed by atoms with Crippen molar-refractivity contribution in [3.05, 3.63) is 82.9 Å². The van der Waals surface area contributed by atoms with Crippen molar-refractivity contribution < 1.29 is 14.7 Å². The van der Waals surface area contributed by atoms with Gasteiger partial charge in [0.1, 0.15) is 5.75 Å². The predicted octanol–water partition coefficient (Wildman–Crippen LogP) is 4.59. The zero-order valence-corrected chi connectivity index (χ0v) is 14.5. The third-order valence-electron chi connectivity index (χ3n) is 3.48. The van der Waals surface area contributed by atoms with Gasteiger partial charge in [-0.15, -0.1) is 0 Å². The van der Waals surface area contributed by atoms with E-state index in [9.17, 15) is 4.79 Å². The zero-order chi connectivity index (χ0) is 18.2. The average Bonchev–Trinajstić information content (AvgIpc) is 2.64. The van der Waals surface area contributed by atoms with Crippen molar-refractivity contribution in [2.24, 2.45) is 0 Å². The summed E-state index contributed by atoms with van der Waals surface area (Å²) >= 11 is 6.28. The first-order valence-corrected chi connectivity index (χ1v) is 7.85. The highest BCUT2D eigenvalue weighted by molar-refractivity contribution is 6.32. The summed E-state index contributed by atoms with van der Waals surface area (Å²) in [5, 5.41) is 9.00. The van der Waals surface area contributed by atoms with Crippen LogP contribution >= 0.6 is 11.6 Å². The van der Waals surface area contributed by atoms with E-state index in [0.29, 0.717) is 5.02 Å². The van der Waals surface area contributed by atoms with E-state index in [1.54, 1.807) is 19.3 Å². The SMILES string of the molecule is C=C(/C=C/c1ccc(/C=C/C(=O)NO)cc1Cl)c1ccccc1OC. The highest BCUT2D eigenvalue weighted by atomic mass is 35.5. The van der Waals surface area contributed by atoms with E-state index in [2.05, 4.69) is 6.58 Å². The van der Waals surface area contributed by atoms with Crippen LogP contribution in [-0.4, -0.2) is 18.2 Å². The fourth-order valence-electron chi connectivity index (χ4n) is 2.18. The molecule has 0 aliphatic carbocycles. The summed E-state index contributed by atoms with van der Waals surface area (Å²) < 4.78 is 5.33. The Bertz CT molecular complexity index is 841. The lowest BCUT2D eigenvalue weighted by Gasteiger charge is -2.08. The van der Waals surface area contributed by atoms with Crippen LogP contribution in [0.15, 0.2) is 61.2 Å². The Labute approximate surface area is 151 Å². The molecule has 2 rings (SSSR count). The average molecular weight is 356 g/mol. The topological polar surface area (TPSA) is 58.6 Å². The van der Waals surface area contributed by atoms with Crippen molar-refractivity contribution in [3.63, 3.8) is 0 Å². The first-order chi connectivity index (χ1) is 12.0.